The van der Waals surface area contributed by atoms with Crippen LogP contribution in [0.3, 0.4) is 0 Å². The van der Waals surface area contributed by atoms with Gasteiger partial charge in [-0.3, -0.25) is 0 Å². The first-order valence-electron chi connectivity index (χ1n) is 6.07. The van der Waals surface area contributed by atoms with Crippen LogP contribution in [0.25, 0.3) is 0 Å². The first-order valence-corrected chi connectivity index (χ1v) is 6.45. The van der Waals surface area contributed by atoms with E-state index in [0.717, 1.165) is 5.56 Å². The number of hydrogen-bond acceptors (Lipinski definition) is 4. The van der Waals surface area contributed by atoms with Crippen LogP contribution in [0, 0.1) is 22.7 Å². The van der Waals surface area contributed by atoms with Crippen molar-refractivity contribution in [2.75, 3.05) is 7.11 Å². The third-order valence-corrected chi connectivity index (χ3v) is 3.14. The van der Waals surface area contributed by atoms with Crippen molar-refractivity contribution in [2.24, 2.45) is 0 Å². The SMILES string of the molecule is COc1cc(COc2ccc(C#N)cc2Cl)ccc1C#N. The van der Waals surface area contributed by atoms with Gasteiger partial charge in [-0.05, 0) is 35.9 Å². The first-order chi connectivity index (χ1) is 10.2. The fraction of sp³-hybridized carbons (Fsp3) is 0.125. The summed E-state index contributed by atoms with van der Waals surface area (Å²) in [5.41, 5.74) is 1.80. The van der Waals surface area contributed by atoms with E-state index in [-0.39, 0.29) is 6.61 Å². The van der Waals surface area contributed by atoms with Crippen LogP contribution in [0.2, 0.25) is 5.02 Å². The summed E-state index contributed by atoms with van der Waals surface area (Å²) >= 11 is 6.04. The maximum absolute atomic E-state index is 8.93. The van der Waals surface area contributed by atoms with Gasteiger partial charge in [0, 0.05) is 0 Å². The highest BCUT2D eigenvalue weighted by molar-refractivity contribution is 6.32. The zero-order valence-electron chi connectivity index (χ0n) is 11.3. The summed E-state index contributed by atoms with van der Waals surface area (Å²) in [5, 5.41) is 18.1. The molecule has 5 heteroatoms. The van der Waals surface area contributed by atoms with Crippen molar-refractivity contribution in [3.63, 3.8) is 0 Å². The number of methoxy groups -OCH3 is 1. The summed E-state index contributed by atoms with van der Waals surface area (Å²) in [6.45, 7) is 0.285. The molecule has 0 aromatic heterocycles. The average Bonchev–Trinajstić information content (AvgIpc) is 2.53. The second-order valence-electron chi connectivity index (χ2n) is 4.19. The molecule has 0 radical (unpaired) electrons. The van der Waals surface area contributed by atoms with Gasteiger partial charge in [0.05, 0.1) is 29.3 Å². The number of rotatable bonds is 4. The minimum atomic E-state index is 0.285. The van der Waals surface area contributed by atoms with Crippen molar-refractivity contribution in [3.8, 4) is 23.6 Å². The van der Waals surface area contributed by atoms with E-state index in [1.165, 1.54) is 7.11 Å². The van der Waals surface area contributed by atoms with Gasteiger partial charge in [0.25, 0.3) is 0 Å². The van der Waals surface area contributed by atoms with E-state index in [1.807, 2.05) is 6.07 Å². The van der Waals surface area contributed by atoms with Crippen LogP contribution in [-0.4, -0.2) is 7.11 Å². The molecule has 104 valence electrons. The van der Waals surface area contributed by atoms with Crippen LogP contribution in [0.5, 0.6) is 11.5 Å². The zero-order chi connectivity index (χ0) is 15.2. The van der Waals surface area contributed by atoms with Crippen molar-refractivity contribution >= 4 is 11.6 Å². The monoisotopic (exact) mass is 298 g/mol. The Kier molecular flexibility index (Phi) is 4.66. The van der Waals surface area contributed by atoms with Crippen LogP contribution in [0.1, 0.15) is 16.7 Å². The second kappa shape index (κ2) is 6.65. The summed E-state index contributed by atoms with van der Waals surface area (Å²) in [6, 6.07) is 14.1. The van der Waals surface area contributed by atoms with Gasteiger partial charge in [-0.1, -0.05) is 17.7 Å². The Balaban J connectivity index is 2.14. The third-order valence-electron chi connectivity index (χ3n) is 2.84. The molecular formula is C16H11ClN2O2. The molecule has 0 aliphatic rings. The molecule has 0 aliphatic carbocycles. The topological polar surface area (TPSA) is 66.0 Å². The Morgan fingerprint density at radius 1 is 1.05 bits per heavy atom. The van der Waals surface area contributed by atoms with E-state index in [2.05, 4.69) is 6.07 Å². The van der Waals surface area contributed by atoms with E-state index in [1.54, 1.807) is 36.4 Å². The number of nitrogens with zero attached hydrogens (tertiary/aromatic N) is 2. The summed E-state index contributed by atoms with van der Waals surface area (Å²) in [6.07, 6.45) is 0. The molecule has 0 amide bonds. The molecule has 0 unspecified atom stereocenters. The molecule has 0 aliphatic heterocycles. The smallest absolute Gasteiger partial charge is 0.138 e. The molecule has 0 saturated heterocycles. The molecule has 2 aromatic rings. The first kappa shape index (κ1) is 14.7. The van der Waals surface area contributed by atoms with E-state index >= 15 is 0 Å². The summed E-state index contributed by atoms with van der Waals surface area (Å²) in [5.74, 6) is 1.00. The average molecular weight is 299 g/mol. The van der Waals surface area contributed by atoms with Crippen LogP contribution < -0.4 is 9.47 Å². The predicted molar refractivity (Wildman–Crippen MR) is 78.2 cm³/mol. The van der Waals surface area contributed by atoms with Gasteiger partial charge in [0.2, 0.25) is 0 Å². The molecule has 4 nitrogen and oxygen atoms in total. The standard InChI is InChI=1S/C16H11ClN2O2/c1-20-16-7-12(2-4-13(16)9-19)10-21-15-5-3-11(8-18)6-14(15)17/h2-7H,10H2,1H3. The van der Waals surface area contributed by atoms with Gasteiger partial charge in [0.1, 0.15) is 24.2 Å². The number of halogens is 1. The lowest BCUT2D eigenvalue weighted by molar-refractivity contribution is 0.305. The van der Waals surface area contributed by atoms with Gasteiger partial charge < -0.3 is 9.47 Å². The number of hydrogen-bond donors (Lipinski definition) is 0. The van der Waals surface area contributed by atoms with Gasteiger partial charge >= 0.3 is 0 Å². The predicted octanol–water partition coefficient (Wildman–Crippen LogP) is 3.67. The van der Waals surface area contributed by atoms with Crippen LogP contribution in [-0.2, 0) is 6.61 Å². The molecule has 0 bridgehead atoms. The molecule has 0 saturated carbocycles. The highest BCUT2D eigenvalue weighted by atomic mass is 35.5. The van der Waals surface area contributed by atoms with E-state index in [4.69, 9.17) is 31.6 Å². The van der Waals surface area contributed by atoms with Crippen LogP contribution in [0.15, 0.2) is 36.4 Å². The second-order valence-corrected chi connectivity index (χ2v) is 4.60. The van der Waals surface area contributed by atoms with Crippen molar-refractivity contribution in [1.29, 1.82) is 10.5 Å². The fourth-order valence-corrected chi connectivity index (χ4v) is 2.00. The molecule has 21 heavy (non-hydrogen) atoms. The quantitative estimate of drug-likeness (QED) is 0.863. The van der Waals surface area contributed by atoms with Crippen LogP contribution in [0.4, 0.5) is 0 Å². The molecule has 2 aromatic carbocycles. The summed E-state index contributed by atoms with van der Waals surface area (Å²) < 4.78 is 10.8. The molecule has 0 atom stereocenters. The Morgan fingerprint density at radius 3 is 2.48 bits per heavy atom. The largest absolute Gasteiger partial charge is 0.495 e. The summed E-state index contributed by atoms with van der Waals surface area (Å²) in [4.78, 5) is 0. The highest BCUT2D eigenvalue weighted by Gasteiger charge is 2.06. The Hall–Kier alpha value is -2.69. The van der Waals surface area contributed by atoms with Crippen molar-refractivity contribution in [1.82, 2.24) is 0 Å². The Morgan fingerprint density at radius 2 is 1.86 bits per heavy atom. The maximum atomic E-state index is 8.93. The lowest BCUT2D eigenvalue weighted by atomic mass is 10.1. The molecule has 2 rings (SSSR count). The van der Waals surface area contributed by atoms with Gasteiger partial charge in [0.15, 0.2) is 0 Å². The highest BCUT2D eigenvalue weighted by Crippen LogP contribution is 2.27. The minimum absolute atomic E-state index is 0.285. The van der Waals surface area contributed by atoms with Crippen LogP contribution >= 0.6 is 11.6 Å². The van der Waals surface area contributed by atoms with Gasteiger partial charge in [-0.15, -0.1) is 0 Å². The normalized spacial score (nSPS) is 9.52. The van der Waals surface area contributed by atoms with Gasteiger partial charge in [-0.2, -0.15) is 10.5 Å². The van der Waals surface area contributed by atoms with E-state index in [0.29, 0.717) is 27.6 Å². The van der Waals surface area contributed by atoms with Gasteiger partial charge in [-0.25, -0.2) is 0 Å². The Labute approximate surface area is 127 Å². The Bertz CT molecular complexity index is 745. The van der Waals surface area contributed by atoms with Crippen molar-refractivity contribution in [3.05, 3.63) is 58.1 Å². The lowest BCUT2D eigenvalue weighted by Gasteiger charge is -2.10. The number of ether oxygens (including phenoxy) is 2. The molecule has 0 fully saturated rings. The minimum Gasteiger partial charge on any atom is -0.495 e. The zero-order valence-corrected chi connectivity index (χ0v) is 12.0. The van der Waals surface area contributed by atoms with Crippen molar-refractivity contribution < 1.29 is 9.47 Å². The van der Waals surface area contributed by atoms with E-state index in [9.17, 15) is 0 Å². The number of nitriles is 2. The number of benzene rings is 2. The fourth-order valence-electron chi connectivity index (χ4n) is 1.77. The third kappa shape index (κ3) is 3.45. The molecule has 0 N–H and O–H groups in total. The summed E-state index contributed by atoms with van der Waals surface area (Å²) in [7, 11) is 1.51. The molecule has 0 heterocycles. The maximum Gasteiger partial charge on any atom is 0.138 e. The van der Waals surface area contributed by atoms with Crippen molar-refractivity contribution in [2.45, 2.75) is 6.61 Å². The molecular weight excluding hydrogens is 288 g/mol. The lowest BCUT2D eigenvalue weighted by Crippen LogP contribution is -1.98. The van der Waals surface area contributed by atoms with E-state index < -0.39 is 0 Å². The molecule has 0 spiro atoms.